The summed E-state index contributed by atoms with van der Waals surface area (Å²) in [5, 5.41) is 24.0. The smallest absolute Gasteiger partial charge is 0.326 e. The molecule has 0 radical (unpaired) electrons. The molecule has 2 rings (SSSR count). The summed E-state index contributed by atoms with van der Waals surface area (Å²) in [4.78, 5) is 23.7. The van der Waals surface area contributed by atoms with Crippen LogP contribution >= 0.6 is 0 Å². The topological polar surface area (TPSA) is 163 Å². The monoisotopic (exact) mass is 296 g/mol. The number of nitro groups is 2. The van der Waals surface area contributed by atoms with Crippen molar-refractivity contribution in [2.75, 3.05) is 0 Å². The predicted octanol–water partition coefficient (Wildman–Crippen LogP) is -0.119. The van der Waals surface area contributed by atoms with Gasteiger partial charge in [0.15, 0.2) is 0 Å². The fourth-order valence-electron chi connectivity index (χ4n) is 1.79. The number of nitrogens with two attached hydrogens (primary N) is 2. The minimum absolute atomic E-state index is 0.311. The van der Waals surface area contributed by atoms with Crippen LogP contribution in [-0.4, -0.2) is 15.7 Å². The third-order valence-corrected chi connectivity index (χ3v) is 2.75. The molecule has 1 aliphatic heterocycles. The number of amidine groups is 1. The van der Waals surface area contributed by atoms with E-state index in [2.05, 4.69) is 10.3 Å². The first-order valence-corrected chi connectivity index (χ1v) is 5.46. The molecule has 0 aromatic heterocycles. The summed E-state index contributed by atoms with van der Waals surface area (Å²) in [5.74, 6) is -3.28. The molecule has 1 unspecified atom stereocenters. The van der Waals surface area contributed by atoms with Crippen molar-refractivity contribution in [3.05, 3.63) is 61.7 Å². The maximum absolute atomic E-state index is 13.3. The molecule has 11 heteroatoms. The molecule has 1 aromatic rings. The van der Waals surface area contributed by atoms with Gasteiger partial charge in [0.25, 0.3) is 5.69 Å². The van der Waals surface area contributed by atoms with E-state index >= 15 is 0 Å². The van der Waals surface area contributed by atoms with Gasteiger partial charge in [-0.2, -0.15) is 0 Å². The van der Waals surface area contributed by atoms with Gasteiger partial charge in [-0.1, -0.05) is 0 Å². The summed E-state index contributed by atoms with van der Waals surface area (Å²) in [5.41, 5.74) is 9.88. The van der Waals surface area contributed by atoms with E-state index in [0.29, 0.717) is 0 Å². The minimum Gasteiger partial charge on any atom is -0.378 e. The van der Waals surface area contributed by atoms with Gasteiger partial charge in [0.2, 0.25) is 11.6 Å². The number of halogens is 1. The van der Waals surface area contributed by atoms with Gasteiger partial charge in [-0.15, -0.1) is 0 Å². The molecule has 1 heterocycles. The normalized spacial score (nSPS) is 21.0. The van der Waals surface area contributed by atoms with E-state index < -0.39 is 38.7 Å². The van der Waals surface area contributed by atoms with Crippen LogP contribution in [0.15, 0.2) is 35.1 Å². The quantitative estimate of drug-likeness (QED) is 0.517. The third kappa shape index (κ3) is 2.49. The van der Waals surface area contributed by atoms with Gasteiger partial charge in [-0.3, -0.25) is 26.0 Å². The zero-order valence-corrected chi connectivity index (χ0v) is 10.3. The van der Waals surface area contributed by atoms with E-state index in [-0.39, 0.29) is 5.56 Å². The number of rotatable bonds is 3. The molecule has 0 saturated heterocycles. The Morgan fingerprint density at radius 3 is 2.48 bits per heavy atom. The molecule has 0 aliphatic carbocycles. The fourth-order valence-corrected chi connectivity index (χ4v) is 1.79. The lowest BCUT2D eigenvalue weighted by molar-refractivity contribution is -0.416. The van der Waals surface area contributed by atoms with Crippen molar-refractivity contribution in [2.24, 2.45) is 16.5 Å². The number of aliphatic imine (C=N–C) groups is 1. The zero-order valence-electron chi connectivity index (χ0n) is 10.3. The highest BCUT2D eigenvalue weighted by Gasteiger charge is 2.38. The second-order valence-electron chi connectivity index (χ2n) is 4.11. The van der Waals surface area contributed by atoms with E-state index in [9.17, 15) is 24.6 Å². The molecule has 10 nitrogen and oxygen atoms in total. The number of nitrogens with zero attached hydrogens (tertiary/aromatic N) is 3. The van der Waals surface area contributed by atoms with Crippen molar-refractivity contribution in [1.29, 1.82) is 0 Å². The highest BCUT2D eigenvalue weighted by Crippen LogP contribution is 2.30. The van der Waals surface area contributed by atoms with Gasteiger partial charge in [-0.05, 0) is 12.1 Å². The minimum atomic E-state index is -1.98. The Morgan fingerprint density at radius 1 is 1.29 bits per heavy atom. The number of nitro benzene ring substituents is 1. The molecule has 5 N–H and O–H groups in total. The van der Waals surface area contributed by atoms with Gasteiger partial charge in [-0.25, -0.2) is 9.38 Å². The van der Waals surface area contributed by atoms with E-state index in [1.165, 1.54) is 0 Å². The Morgan fingerprint density at radius 2 is 1.95 bits per heavy atom. The molecule has 0 spiro atoms. The van der Waals surface area contributed by atoms with E-state index in [4.69, 9.17) is 11.5 Å². The van der Waals surface area contributed by atoms with E-state index in [1.54, 1.807) is 0 Å². The first-order valence-electron chi connectivity index (χ1n) is 5.46. The fraction of sp³-hybridized carbons (Fsp3) is 0.100. The average molecular weight is 296 g/mol. The molecule has 21 heavy (non-hydrogen) atoms. The molecule has 0 amide bonds. The van der Waals surface area contributed by atoms with Crippen LogP contribution in [0.5, 0.6) is 0 Å². The maximum Gasteiger partial charge on any atom is 0.326 e. The van der Waals surface area contributed by atoms with Gasteiger partial charge < -0.3 is 11.1 Å². The lowest BCUT2D eigenvalue weighted by Crippen LogP contribution is -2.51. The Hall–Kier alpha value is -3.08. The summed E-state index contributed by atoms with van der Waals surface area (Å²) in [7, 11) is 0. The van der Waals surface area contributed by atoms with Crippen LogP contribution in [0.1, 0.15) is 5.56 Å². The molecule has 1 atom stereocenters. The van der Waals surface area contributed by atoms with Crippen molar-refractivity contribution in [1.82, 2.24) is 5.32 Å². The van der Waals surface area contributed by atoms with Crippen LogP contribution in [0.3, 0.4) is 0 Å². The maximum atomic E-state index is 13.3. The van der Waals surface area contributed by atoms with E-state index in [0.717, 1.165) is 24.4 Å². The zero-order chi connectivity index (χ0) is 15.8. The summed E-state index contributed by atoms with van der Waals surface area (Å²) in [6, 6.07) is 2.62. The van der Waals surface area contributed by atoms with Gasteiger partial charge >= 0.3 is 5.70 Å². The molecular formula is C10H9FN6O4. The second kappa shape index (κ2) is 4.79. The number of nitrogens with one attached hydrogen (secondary N) is 1. The molecule has 0 saturated carbocycles. The van der Waals surface area contributed by atoms with Gasteiger partial charge in [0.05, 0.1) is 21.6 Å². The Balaban J connectivity index is 2.56. The summed E-state index contributed by atoms with van der Waals surface area (Å²) >= 11 is 0. The SMILES string of the molecule is NC1=NC(N)(c2cc(F)ccc2[N+](=O)[O-])NC=C1[N+](=O)[O-]. The molecular weight excluding hydrogens is 287 g/mol. The second-order valence-corrected chi connectivity index (χ2v) is 4.11. The third-order valence-electron chi connectivity index (χ3n) is 2.75. The van der Waals surface area contributed by atoms with E-state index in [1.807, 2.05) is 0 Å². The first kappa shape index (κ1) is 14.3. The number of benzene rings is 1. The highest BCUT2D eigenvalue weighted by atomic mass is 19.1. The van der Waals surface area contributed by atoms with Crippen LogP contribution in [0, 0.1) is 26.0 Å². The molecule has 110 valence electrons. The standard InChI is InChI=1S/C10H9FN6O4/c11-5-1-2-7(16(18)19)6(3-5)10(13)14-4-8(17(20)21)9(12)15-10/h1-4,14H,13H2,(H2,12,15). The van der Waals surface area contributed by atoms with Crippen LogP contribution < -0.4 is 16.8 Å². The Labute approximate surface area is 116 Å². The summed E-state index contributed by atoms with van der Waals surface area (Å²) in [6.45, 7) is 0. The lowest BCUT2D eigenvalue weighted by Gasteiger charge is -2.28. The highest BCUT2D eigenvalue weighted by molar-refractivity contribution is 5.95. The van der Waals surface area contributed by atoms with Crippen molar-refractivity contribution < 1.29 is 14.2 Å². The van der Waals surface area contributed by atoms with Crippen molar-refractivity contribution in [3.8, 4) is 0 Å². The van der Waals surface area contributed by atoms with Gasteiger partial charge in [0, 0.05) is 6.07 Å². The van der Waals surface area contributed by atoms with Gasteiger partial charge in [0.1, 0.15) is 5.82 Å². The average Bonchev–Trinajstić information content (AvgIpc) is 2.37. The Kier molecular flexibility index (Phi) is 3.27. The van der Waals surface area contributed by atoms with Crippen molar-refractivity contribution in [2.45, 2.75) is 5.79 Å². The Bertz CT molecular complexity index is 703. The number of hydrogen-bond donors (Lipinski definition) is 3. The molecule has 0 fully saturated rings. The van der Waals surface area contributed by atoms with Crippen LogP contribution in [0.2, 0.25) is 0 Å². The van der Waals surface area contributed by atoms with Crippen molar-refractivity contribution >= 4 is 11.5 Å². The lowest BCUT2D eigenvalue weighted by atomic mass is 10.0. The van der Waals surface area contributed by atoms with Crippen LogP contribution in [-0.2, 0) is 5.79 Å². The molecule has 1 aromatic carbocycles. The summed E-state index contributed by atoms with van der Waals surface area (Å²) in [6.07, 6.45) is 0.858. The largest absolute Gasteiger partial charge is 0.378 e. The summed E-state index contributed by atoms with van der Waals surface area (Å²) < 4.78 is 13.3. The van der Waals surface area contributed by atoms with Crippen molar-refractivity contribution in [3.63, 3.8) is 0 Å². The first-order chi connectivity index (χ1) is 9.74. The van der Waals surface area contributed by atoms with Crippen LogP contribution in [0.4, 0.5) is 10.1 Å². The number of hydrogen-bond acceptors (Lipinski definition) is 8. The van der Waals surface area contributed by atoms with Crippen LogP contribution in [0.25, 0.3) is 0 Å². The predicted molar refractivity (Wildman–Crippen MR) is 68.8 cm³/mol. The molecule has 1 aliphatic rings. The molecule has 0 bridgehead atoms.